The van der Waals surface area contributed by atoms with Gasteiger partial charge in [0.25, 0.3) is 0 Å². The standard InChI is InChI=1S/C14H25N3O4/c1-4-15-12(18)9-16-5-7-17(8-6-16)13(19)10(2)11(3)14(20)21/h10-11H,4-9H2,1-3H3,(H,15,18)(H,20,21). The van der Waals surface area contributed by atoms with Crippen molar-refractivity contribution in [3.63, 3.8) is 0 Å². The highest BCUT2D eigenvalue weighted by Crippen LogP contribution is 2.16. The first-order chi connectivity index (χ1) is 9.86. The zero-order valence-electron chi connectivity index (χ0n) is 13.0. The molecule has 0 spiro atoms. The predicted molar refractivity (Wildman–Crippen MR) is 77.7 cm³/mol. The molecule has 1 rings (SSSR count). The number of piperazine rings is 1. The summed E-state index contributed by atoms with van der Waals surface area (Å²) >= 11 is 0. The Hall–Kier alpha value is -1.63. The molecule has 0 aromatic carbocycles. The number of hydrogen-bond acceptors (Lipinski definition) is 4. The normalized spacial score (nSPS) is 18.9. The van der Waals surface area contributed by atoms with Gasteiger partial charge in [-0.1, -0.05) is 13.8 Å². The van der Waals surface area contributed by atoms with Crippen LogP contribution < -0.4 is 5.32 Å². The van der Waals surface area contributed by atoms with Crippen LogP contribution in [-0.2, 0) is 14.4 Å². The largest absolute Gasteiger partial charge is 0.481 e. The number of carbonyl (C=O) groups is 3. The van der Waals surface area contributed by atoms with Crippen LogP contribution in [0.1, 0.15) is 20.8 Å². The van der Waals surface area contributed by atoms with E-state index in [-0.39, 0.29) is 11.8 Å². The van der Waals surface area contributed by atoms with Crippen molar-refractivity contribution in [3.8, 4) is 0 Å². The minimum atomic E-state index is -0.953. The Kier molecular flexibility index (Phi) is 6.61. The molecule has 7 nitrogen and oxygen atoms in total. The lowest BCUT2D eigenvalue weighted by Crippen LogP contribution is -2.52. The summed E-state index contributed by atoms with van der Waals surface area (Å²) < 4.78 is 0. The molecule has 0 saturated carbocycles. The van der Waals surface area contributed by atoms with Gasteiger partial charge in [0.05, 0.1) is 12.5 Å². The van der Waals surface area contributed by atoms with Gasteiger partial charge in [0.15, 0.2) is 0 Å². The molecule has 1 aliphatic heterocycles. The molecule has 2 unspecified atom stereocenters. The van der Waals surface area contributed by atoms with Crippen molar-refractivity contribution in [1.29, 1.82) is 0 Å². The lowest BCUT2D eigenvalue weighted by Gasteiger charge is -2.36. The number of aliphatic carboxylic acids is 1. The van der Waals surface area contributed by atoms with Gasteiger partial charge in [-0.2, -0.15) is 0 Å². The van der Waals surface area contributed by atoms with Crippen LogP contribution >= 0.6 is 0 Å². The molecule has 0 aromatic heterocycles. The highest BCUT2D eigenvalue weighted by Gasteiger charge is 2.31. The van der Waals surface area contributed by atoms with Gasteiger partial charge in [-0.15, -0.1) is 0 Å². The summed E-state index contributed by atoms with van der Waals surface area (Å²) in [5.74, 6) is -2.30. The summed E-state index contributed by atoms with van der Waals surface area (Å²) in [6, 6.07) is 0. The maximum atomic E-state index is 12.2. The quantitative estimate of drug-likeness (QED) is 0.698. The van der Waals surface area contributed by atoms with E-state index in [9.17, 15) is 14.4 Å². The van der Waals surface area contributed by atoms with Crippen molar-refractivity contribution in [2.24, 2.45) is 11.8 Å². The Labute approximate surface area is 125 Å². The molecule has 0 aromatic rings. The number of amides is 2. The SMILES string of the molecule is CCNC(=O)CN1CCN(C(=O)C(C)C(C)C(=O)O)CC1. The van der Waals surface area contributed by atoms with Gasteiger partial charge in [-0.05, 0) is 6.92 Å². The van der Waals surface area contributed by atoms with Crippen LogP contribution in [0.15, 0.2) is 0 Å². The number of hydrogen-bond donors (Lipinski definition) is 2. The number of likely N-dealkylation sites (N-methyl/N-ethyl adjacent to an activating group) is 1. The number of carboxylic acid groups (broad SMARTS) is 1. The molecule has 0 bridgehead atoms. The molecule has 1 fully saturated rings. The summed E-state index contributed by atoms with van der Waals surface area (Å²) in [5.41, 5.74) is 0. The van der Waals surface area contributed by atoms with E-state index in [2.05, 4.69) is 5.32 Å². The Balaban J connectivity index is 2.43. The van der Waals surface area contributed by atoms with Gasteiger partial charge < -0.3 is 15.3 Å². The molecule has 120 valence electrons. The van der Waals surface area contributed by atoms with Crippen molar-refractivity contribution in [3.05, 3.63) is 0 Å². The second-order valence-electron chi connectivity index (χ2n) is 5.47. The van der Waals surface area contributed by atoms with E-state index >= 15 is 0 Å². The molecule has 21 heavy (non-hydrogen) atoms. The first-order valence-electron chi connectivity index (χ1n) is 7.37. The molecular weight excluding hydrogens is 274 g/mol. The van der Waals surface area contributed by atoms with Crippen LogP contribution in [0.4, 0.5) is 0 Å². The highest BCUT2D eigenvalue weighted by atomic mass is 16.4. The van der Waals surface area contributed by atoms with Crippen molar-refractivity contribution in [1.82, 2.24) is 15.1 Å². The summed E-state index contributed by atoms with van der Waals surface area (Å²) in [5, 5.41) is 11.7. The van der Waals surface area contributed by atoms with Crippen LogP contribution in [0.2, 0.25) is 0 Å². The van der Waals surface area contributed by atoms with Gasteiger partial charge in [0.1, 0.15) is 0 Å². The van der Waals surface area contributed by atoms with Gasteiger partial charge in [-0.3, -0.25) is 19.3 Å². The van der Waals surface area contributed by atoms with E-state index in [4.69, 9.17) is 5.11 Å². The fourth-order valence-electron chi connectivity index (χ4n) is 2.30. The third-order valence-electron chi connectivity index (χ3n) is 3.95. The second kappa shape index (κ2) is 7.97. The number of carboxylic acids is 1. The number of nitrogens with one attached hydrogen (secondary N) is 1. The summed E-state index contributed by atoms with van der Waals surface area (Å²) in [7, 11) is 0. The van der Waals surface area contributed by atoms with Crippen molar-refractivity contribution in [2.75, 3.05) is 39.3 Å². The smallest absolute Gasteiger partial charge is 0.307 e. The number of nitrogens with zero attached hydrogens (tertiary/aromatic N) is 2. The number of rotatable bonds is 6. The van der Waals surface area contributed by atoms with Gasteiger partial charge in [0, 0.05) is 38.6 Å². The molecule has 0 radical (unpaired) electrons. The van der Waals surface area contributed by atoms with Crippen molar-refractivity contribution >= 4 is 17.8 Å². The predicted octanol–water partition coefficient (Wildman–Crippen LogP) is -0.376. The van der Waals surface area contributed by atoms with E-state index in [1.54, 1.807) is 18.7 Å². The monoisotopic (exact) mass is 299 g/mol. The fraction of sp³-hybridized carbons (Fsp3) is 0.786. The Morgan fingerprint density at radius 3 is 2.14 bits per heavy atom. The highest BCUT2D eigenvalue weighted by molar-refractivity contribution is 5.84. The van der Waals surface area contributed by atoms with Crippen LogP contribution in [0.25, 0.3) is 0 Å². The molecule has 7 heteroatoms. The molecule has 2 amide bonds. The molecule has 2 N–H and O–H groups in total. The van der Waals surface area contributed by atoms with Gasteiger partial charge >= 0.3 is 5.97 Å². The zero-order chi connectivity index (χ0) is 16.0. The lowest BCUT2D eigenvalue weighted by atomic mass is 9.94. The lowest BCUT2D eigenvalue weighted by molar-refractivity contribution is -0.149. The zero-order valence-corrected chi connectivity index (χ0v) is 13.0. The maximum Gasteiger partial charge on any atom is 0.307 e. The second-order valence-corrected chi connectivity index (χ2v) is 5.47. The Morgan fingerprint density at radius 2 is 1.67 bits per heavy atom. The maximum absolute atomic E-state index is 12.2. The average molecular weight is 299 g/mol. The molecule has 1 saturated heterocycles. The van der Waals surface area contributed by atoms with E-state index in [0.29, 0.717) is 39.3 Å². The van der Waals surface area contributed by atoms with E-state index in [1.165, 1.54) is 0 Å². The molecule has 0 aliphatic carbocycles. The van der Waals surface area contributed by atoms with Crippen LogP contribution in [-0.4, -0.2) is 72.0 Å². The summed E-state index contributed by atoms with van der Waals surface area (Å²) in [6.45, 7) is 8.38. The van der Waals surface area contributed by atoms with E-state index in [1.807, 2.05) is 11.8 Å². The average Bonchev–Trinajstić information content (AvgIpc) is 2.45. The molecular formula is C14H25N3O4. The van der Waals surface area contributed by atoms with Crippen LogP contribution in [0.5, 0.6) is 0 Å². The molecule has 1 aliphatic rings. The third-order valence-corrected chi connectivity index (χ3v) is 3.95. The molecule has 1 heterocycles. The first-order valence-corrected chi connectivity index (χ1v) is 7.37. The third kappa shape index (κ3) is 5.00. The van der Waals surface area contributed by atoms with Crippen molar-refractivity contribution in [2.45, 2.75) is 20.8 Å². The topological polar surface area (TPSA) is 90.0 Å². The van der Waals surface area contributed by atoms with Crippen molar-refractivity contribution < 1.29 is 19.5 Å². The van der Waals surface area contributed by atoms with Crippen LogP contribution in [0, 0.1) is 11.8 Å². The van der Waals surface area contributed by atoms with Gasteiger partial charge in [0.2, 0.25) is 11.8 Å². The van der Waals surface area contributed by atoms with Crippen LogP contribution in [0.3, 0.4) is 0 Å². The minimum Gasteiger partial charge on any atom is -0.481 e. The number of carbonyl (C=O) groups excluding carboxylic acids is 2. The van der Waals surface area contributed by atoms with E-state index < -0.39 is 17.8 Å². The summed E-state index contributed by atoms with van der Waals surface area (Å²) in [6.07, 6.45) is 0. The summed E-state index contributed by atoms with van der Waals surface area (Å²) in [4.78, 5) is 38.4. The molecule has 2 atom stereocenters. The first kappa shape index (κ1) is 17.4. The fourth-order valence-corrected chi connectivity index (χ4v) is 2.30. The Bertz CT molecular complexity index is 392. The van der Waals surface area contributed by atoms with E-state index in [0.717, 1.165) is 0 Å². The van der Waals surface area contributed by atoms with Gasteiger partial charge in [-0.25, -0.2) is 0 Å². The Morgan fingerprint density at radius 1 is 1.10 bits per heavy atom. The minimum absolute atomic E-state index is 0.00913.